The van der Waals surface area contributed by atoms with Gasteiger partial charge < -0.3 is 0 Å². The minimum absolute atomic E-state index is 0.764. The van der Waals surface area contributed by atoms with Gasteiger partial charge in [-0.15, -0.1) is 11.8 Å². The maximum absolute atomic E-state index is 4.26. The molecule has 0 atom stereocenters. The SMILES string of the molecule is CSc1ncnc2cnc3cncnc3c12. The molecule has 78 valence electrons. The van der Waals surface area contributed by atoms with Crippen molar-refractivity contribution in [2.24, 2.45) is 0 Å². The molecule has 0 saturated carbocycles. The van der Waals surface area contributed by atoms with E-state index in [4.69, 9.17) is 0 Å². The molecule has 0 bridgehead atoms. The summed E-state index contributed by atoms with van der Waals surface area (Å²) in [6.07, 6.45) is 8.46. The molecule has 0 aliphatic rings. The third-order valence-electron chi connectivity index (χ3n) is 2.29. The maximum atomic E-state index is 4.26. The first-order valence-electron chi connectivity index (χ1n) is 4.63. The van der Waals surface area contributed by atoms with Crippen LogP contribution in [0.2, 0.25) is 0 Å². The average molecular weight is 229 g/mol. The van der Waals surface area contributed by atoms with Gasteiger partial charge in [-0.05, 0) is 6.26 Å². The number of hydrogen-bond donors (Lipinski definition) is 0. The Morgan fingerprint density at radius 3 is 2.75 bits per heavy atom. The molecule has 6 heteroatoms. The Labute approximate surface area is 95.4 Å². The molecule has 0 radical (unpaired) electrons. The van der Waals surface area contributed by atoms with E-state index < -0.39 is 0 Å². The van der Waals surface area contributed by atoms with E-state index in [1.165, 1.54) is 6.33 Å². The van der Waals surface area contributed by atoms with Gasteiger partial charge in [-0.3, -0.25) is 4.98 Å². The molecule has 0 fully saturated rings. The van der Waals surface area contributed by atoms with Crippen LogP contribution in [0.1, 0.15) is 0 Å². The molecule has 0 N–H and O–H groups in total. The average Bonchev–Trinajstić information content (AvgIpc) is 2.37. The lowest BCUT2D eigenvalue weighted by Crippen LogP contribution is -1.92. The zero-order valence-corrected chi connectivity index (χ0v) is 9.27. The van der Waals surface area contributed by atoms with Gasteiger partial charge in [0.15, 0.2) is 0 Å². The Balaban J connectivity index is 2.57. The second-order valence-corrected chi connectivity index (χ2v) is 3.95. The lowest BCUT2D eigenvalue weighted by atomic mass is 10.2. The van der Waals surface area contributed by atoms with Crippen LogP contribution in [0.3, 0.4) is 0 Å². The van der Waals surface area contributed by atoms with Gasteiger partial charge in [-0.25, -0.2) is 19.9 Å². The molecule has 3 heterocycles. The van der Waals surface area contributed by atoms with E-state index in [0.717, 1.165) is 27.0 Å². The van der Waals surface area contributed by atoms with Gasteiger partial charge >= 0.3 is 0 Å². The summed E-state index contributed by atoms with van der Waals surface area (Å²) in [5, 5.41) is 1.86. The highest BCUT2D eigenvalue weighted by Gasteiger charge is 2.08. The zero-order valence-electron chi connectivity index (χ0n) is 8.45. The van der Waals surface area contributed by atoms with Crippen molar-refractivity contribution in [1.29, 1.82) is 0 Å². The van der Waals surface area contributed by atoms with E-state index in [9.17, 15) is 0 Å². The van der Waals surface area contributed by atoms with Gasteiger partial charge in [0.05, 0.1) is 23.3 Å². The smallest absolute Gasteiger partial charge is 0.117 e. The summed E-state index contributed by atoms with van der Waals surface area (Å²) in [6, 6.07) is 0. The fourth-order valence-corrected chi connectivity index (χ4v) is 2.16. The van der Waals surface area contributed by atoms with E-state index in [1.807, 2.05) is 6.26 Å². The van der Waals surface area contributed by atoms with E-state index in [2.05, 4.69) is 24.9 Å². The summed E-state index contributed by atoms with van der Waals surface area (Å²) in [7, 11) is 0. The predicted octanol–water partition coefficient (Wildman–Crippen LogP) is 1.69. The molecule has 0 aliphatic carbocycles. The van der Waals surface area contributed by atoms with Crippen LogP contribution < -0.4 is 0 Å². The lowest BCUT2D eigenvalue weighted by molar-refractivity contribution is 1.09. The van der Waals surface area contributed by atoms with Gasteiger partial charge in [0.2, 0.25) is 0 Å². The first-order chi connectivity index (χ1) is 7.90. The Hall–Kier alpha value is -1.82. The zero-order chi connectivity index (χ0) is 11.0. The number of aromatic nitrogens is 5. The van der Waals surface area contributed by atoms with Crippen LogP contribution in [0.25, 0.3) is 21.9 Å². The molecule has 3 rings (SSSR count). The molecule has 0 aliphatic heterocycles. The third kappa shape index (κ3) is 1.30. The monoisotopic (exact) mass is 229 g/mol. The maximum Gasteiger partial charge on any atom is 0.117 e. The molecule has 0 aromatic carbocycles. The molecule has 16 heavy (non-hydrogen) atoms. The minimum Gasteiger partial charge on any atom is -0.251 e. The first kappa shape index (κ1) is 9.41. The van der Waals surface area contributed by atoms with Crippen LogP contribution in [0, 0.1) is 0 Å². The van der Waals surface area contributed by atoms with Crippen molar-refractivity contribution in [2.75, 3.05) is 6.26 Å². The van der Waals surface area contributed by atoms with E-state index in [-0.39, 0.29) is 0 Å². The highest BCUT2D eigenvalue weighted by atomic mass is 32.2. The standard InChI is InChI=1S/C10H7N5S/c1-16-10-8-6(13-5-15-10)3-12-7-2-11-4-14-9(7)8/h2-5H,1H3. The van der Waals surface area contributed by atoms with Gasteiger partial charge in [0.1, 0.15) is 28.7 Å². The van der Waals surface area contributed by atoms with Crippen molar-refractivity contribution in [3.63, 3.8) is 0 Å². The molecular weight excluding hydrogens is 222 g/mol. The molecule has 3 aromatic rings. The van der Waals surface area contributed by atoms with E-state index >= 15 is 0 Å². The molecule has 0 saturated heterocycles. The second-order valence-electron chi connectivity index (χ2n) is 3.16. The van der Waals surface area contributed by atoms with Crippen LogP contribution in [-0.2, 0) is 0 Å². The molecule has 0 unspecified atom stereocenters. The Kier molecular flexibility index (Phi) is 2.14. The van der Waals surface area contributed by atoms with Crippen molar-refractivity contribution in [3.05, 3.63) is 25.0 Å². The summed E-state index contributed by atoms with van der Waals surface area (Å²) in [4.78, 5) is 20.9. The highest BCUT2D eigenvalue weighted by Crippen LogP contribution is 2.26. The van der Waals surface area contributed by atoms with Gasteiger partial charge in [0.25, 0.3) is 0 Å². The summed E-state index contributed by atoms with van der Waals surface area (Å²) in [6.45, 7) is 0. The van der Waals surface area contributed by atoms with E-state index in [0.29, 0.717) is 0 Å². The third-order valence-corrected chi connectivity index (χ3v) is 2.99. The summed E-state index contributed by atoms with van der Waals surface area (Å²) in [5.74, 6) is 0. The number of pyridine rings is 1. The highest BCUT2D eigenvalue weighted by molar-refractivity contribution is 7.98. The van der Waals surface area contributed by atoms with Crippen molar-refractivity contribution >= 4 is 33.7 Å². The van der Waals surface area contributed by atoms with Gasteiger partial charge in [-0.2, -0.15) is 0 Å². The molecule has 0 spiro atoms. The largest absolute Gasteiger partial charge is 0.251 e. The van der Waals surface area contributed by atoms with Crippen LogP contribution in [0.5, 0.6) is 0 Å². The summed E-state index contributed by atoms with van der Waals surface area (Å²) < 4.78 is 0. The number of rotatable bonds is 1. The van der Waals surface area contributed by atoms with Crippen LogP contribution in [-0.4, -0.2) is 31.2 Å². The molecule has 0 amide bonds. The van der Waals surface area contributed by atoms with Crippen molar-refractivity contribution < 1.29 is 0 Å². The van der Waals surface area contributed by atoms with Gasteiger partial charge in [0, 0.05) is 0 Å². The molecular formula is C10H7N5S. The van der Waals surface area contributed by atoms with Crippen molar-refractivity contribution in [3.8, 4) is 0 Å². The summed E-state index contributed by atoms with van der Waals surface area (Å²) >= 11 is 1.57. The topological polar surface area (TPSA) is 64.5 Å². The first-order valence-corrected chi connectivity index (χ1v) is 5.86. The van der Waals surface area contributed by atoms with Crippen LogP contribution >= 0.6 is 11.8 Å². The number of fused-ring (bicyclic) bond motifs is 3. The summed E-state index contributed by atoms with van der Waals surface area (Å²) in [5.41, 5.74) is 2.38. The van der Waals surface area contributed by atoms with E-state index in [1.54, 1.807) is 30.5 Å². The Morgan fingerprint density at radius 1 is 0.938 bits per heavy atom. The Bertz CT molecular complexity index is 669. The normalized spacial score (nSPS) is 11.1. The van der Waals surface area contributed by atoms with Gasteiger partial charge in [-0.1, -0.05) is 0 Å². The second kappa shape index (κ2) is 3.64. The quantitative estimate of drug-likeness (QED) is 0.359. The van der Waals surface area contributed by atoms with Crippen LogP contribution in [0.15, 0.2) is 30.1 Å². The van der Waals surface area contributed by atoms with Crippen molar-refractivity contribution in [2.45, 2.75) is 5.03 Å². The number of thioether (sulfide) groups is 1. The minimum atomic E-state index is 0.764. The molecule has 5 nitrogen and oxygen atoms in total. The lowest BCUT2D eigenvalue weighted by Gasteiger charge is -2.03. The predicted molar refractivity (Wildman–Crippen MR) is 62.2 cm³/mol. The fourth-order valence-electron chi connectivity index (χ4n) is 1.60. The molecule has 3 aromatic heterocycles. The number of nitrogens with zero attached hydrogens (tertiary/aromatic N) is 5. The Morgan fingerprint density at radius 2 is 1.88 bits per heavy atom. The fraction of sp³-hybridized carbons (Fsp3) is 0.100. The van der Waals surface area contributed by atoms with Crippen molar-refractivity contribution in [1.82, 2.24) is 24.9 Å². The van der Waals surface area contributed by atoms with Crippen LogP contribution in [0.4, 0.5) is 0 Å². The number of hydrogen-bond acceptors (Lipinski definition) is 6.